The molecule has 0 atom stereocenters. The van der Waals surface area contributed by atoms with E-state index in [1.54, 1.807) is 49.1 Å². The molecule has 3 aromatic heterocycles. The zero-order valence-electron chi connectivity index (χ0n) is 18.6. The van der Waals surface area contributed by atoms with Crippen molar-refractivity contribution in [2.75, 3.05) is 27.1 Å². The predicted molar refractivity (Wildman–Crippen MR) is 123 cm³/mol. The van der Waals surface area contributed by atoms with Crippen molar-refractivity contribution in [3.05, 3.63) is 48.3 Å². The summed E-state index contributed by atoms with van der Waals surface area (Å²) in [6.45, 7) is 2.34. The quantitative estimate of drug-likeness (QED) is 0.384. The Morgan fingerprint density at radius 3 is 2.30 bits per heavy atom. The number of pyridine rings is 1. The van der Waals surface area contributed by atoms with E-state index in [4.69, 9.17) is 14.2 Å². The zero-order valence-corrected chi connectivity index (χ0v) is 19.5. The number of imidazole rings is 1. The SMILES string of the molecule is CCOc1cccc(-c2nc3ncc(CS(C)(=O)=O)nc3n2-c2c(OC)cccc2OC)n1. The van der Waals surface area contributed by atoms with Gasteiger partial charge in [0.1, 0.15) is 22.9 Å². The van der Waals surface area contributed by atoms with Gasteiger partial charge in [-0.25, -0.2) is 28.4 Å². The number of nitrogens with zero attached hydrogens (tertiary/aromatic N) is 5. The summed E-state index contributed by atoms with van der Waals surface area (Å²) in [5, 5.41) is 0. The molecule has 0 unspecified atom stereocenters. The lowest BCUT2D eigenvalue weighted by Gasteiger charge is -2.16. The lowest BCUT2D eigenvalue weighted by molar-refractivity contribution is 0.327. The molecule has 4 aromatic rings. The number of hydrogen-bond donors (Lipinski definition) is 0. The maximum Gasteiger partial charge on any atom is 0.213 e. The Hall–Kier alpha value is -3.73. The Bertz CT molecular complexity index is 1400. The largest absolute Gasteiger partial charge is 0.494 e. The first-order valence-corrected chi connectivity index (χ1v) is 12.1. The first kappa shape index (κ1) is 22.5. The fourth-order valence-corrected chi connectivity index (χ4v) is 4.11. The van der Waals surface area contributed by atoms with Crippen LogP contribution in [0.25, 0.3) is 28.5 Å². The van der Waals surface area contributed by atoms with Gasteiger partial charge in [-0.15, -0.1) is 0 Å². The molecule has 0 amide bonds. The van der Waals surface area contributed by atoms with Crippen molar-refractivity contribution < 1.29 is 22.6 Å². The van der Waals surface area contributed by atoms with E-state index < -0.39 is 9.84 Å². The molecule has 0 saturated heterocycles. The molecule has 3 heterocycles. The van der Waals surface area contributed by atoms with E-state index in [1.165, 1.54) is 6.20 Å². The third-order valence-electron chi connectivity index (χ3n) is 4.70. The minimum absolute atomic E-state index is 0.252. The van der Waals surface area contributed by atoms with Gasteiger partial charge in [-0.3, -0.25) is 4.57 Å². The van der Waals surface area contributed by atoms with Crippen LogP contribution in [-0.4, -0.2) is 60.0 Å². The molecule has 33 heavy (non-hydrogen) atoms. The molecular formula is C22H23N5O5S. The minimum Gasteiger partial charge on any atom is -0.494 e. The molecule has 10 nitrogen and oxygen atoms in total. The maximum atomic E-state index is 11.9. The number of aromatic nitrogens is 5. The molecule has 0 aliphatic rings. The monoisotopic (exact) mass is 469 g/mol. The minimum atomic E-state index is -3.32. The third kappa shape index (κ3) is 4.58. The summed E-state index contributed by atoms with van der Waals surface area (Å²) in [4.78, 5) is 18.2. The topological polar surface area (TPSA) is 118 Å². The molecule has 0 fully saturated rings. The molecule has 0 radical (unpaired) electrons. The summed E-state index contributed by atoms with van der Waals surface area (Å²) in [5.41, 5.74) is 2.01. The van der Waals surface area contributed by atoms with Crippen molar-refractivity contribution in [2.45, 2.75) is 12.7 Å². The summed E-state index contributed by atoms with van der Waals surface area (Å²) in [6.07, 6.45) is 2.56. The Morgan fingerprint density at radius 2 is 1.67 bits per heavy atom. The van der Waals surface area contributed by atoms with Crippen LogP contribution < -0.4 is 14.2 Å². The molecule has 0 saturated carbocycles. The van der Waals surface area contributed by atoms with Gasteiger partial charge in [-0.05, 0) is 25.1 Å². The van der Waals surface area contributed by atoms with Gasteiger partial charge in [-0.2, -0.15) is 0 Å². The van der Waals surface area contributed by atoms with Crippen LogP contribution in [0.3, 0.4) is 0 Å². The number of ether oxygens (including phenoxy) is 3. The molecule has 11 heteroatoms. The average Bonchev–Trinajstić information content (AvgIpc) is 3.16. The van der Waals surface area contributed by atoms with E-state index in [0.717, 1.165) is 6.26 Å². The van der Waals surface area contributed by atoms with Crippen LogP contribution in [0.4, 0.5) is 0 Å². The molecular weight excluding hydrogens is 446 g/mol. The van der Waals surface area contributed by atoms with Gasteiger partial charge in [0.05, 0.1) is 38.5 Å². The number of para-hydroxylation sites is 1. The second kappa shape index (κ2) is 9.02. The molecule has 0 aliphatic heterocycles. The molecule has 0 bridgehead atoms. The number of methoxy groups -OCH3 is 2. The van der Waals surface area contributed by atoms with Crippen LogP contribution in [-0.2, 0) is 15.6 Å². The van der Waals surface area contributed by atoms with E-state index in [9.17, 15) is 8.42 Å². The summed E-state index contributed by atoms with van der Waals surface area (Å²) in [7, 11) is -0.222. The van der Waals surface area contributed by atoms with E-state index in [2.05, 4.69) is 19.9 Å². The molecule has 0 spiro atoms. The highest BCUT2D eigenvalue weighted by atomic mass is 32.2. The Morgan fingerprint density at radius 1 is 0.970 bits per heavy atom. The van der Waals surface area contributed by atoms with E-state index >= 15 is 0 Å². The number of sulfone groups is 1. The normalized spacial score (nSPS) is 11.5. The van der Waals surface area contributed by atoms with Crippen LogP contribution in [0.15, 0.2) is 42.6 Å². The van der Waals surface area contributed by atoms with Crippen molar-refractivity contribution in [3.63, 3.8) is 0 Å². The van der Waals surface area contributed by atoms with Gasteiger partial charge in [-0.1, -0.05) is 12.1 Å². The number of fused-ring (bicyclic) bond motifs is 1. The standard InChI is InChI=1S/C22H23N5O5S/c1-5-32-18-11-6-8-15(25-18)21-26-20-22(24-14(12-23-20)13-33(4,28)29)27(21)19-16(30-2)9-7-10-17(19)31-3/h6-12H,5,13H2,1-4H3. The number of rotatable bonds is 8. The highest BCUT2D eigenvalue weighted by Crippen LogP contribution is 2.37. The van der Waals surface area contributed by atoms with E-state index in [1.807, 2.05) is 13.0 Å². The Labute approximate surface area is 191 Å². The van der Waals surface area contributed by atoms with Gasteiger partial charge >= 0.3 is 0 Å². The number of hydrogen-bond acceptors (Lipinski definition) is 9. The predicted octanol–water partition coefficient (Wildman–Crippen LogP) is 2.84. The first-order valence-electron chi connectivity index (χ1n) is 10.1. The molecule has 0 N–H and O–H groups in total. The number of benzene rings is 1. The van der Waals surface area contributed by atoms with Crippen LogP contribution in [0.1, 0.15) is 12.6 Å². The van der Waals surface area contributed by atoms with Crippen molar-refractivity contribution in [1.29, 1.82) is 0 Å². The highest BCUT2D eigenvalue weighted by Gasteiger charge is 2.24. The van der Waals surface area contributed by atoms with Gasteiger partial charge < -0.3 is 14.2 Å². The fraction of sp³-hybridized carbons (Fsp3) is 0.273. The average molecular weight is 470 g/mol. The lowest BCUT2D eigenvalue weighted by Crippen LogP contribution is -2.07. The van der Waals surface area contributed by atoms with E-state index in [-0.39, 0.29) is 5.75 Å². The van der Waals surface area contributed by atoms with Gasteiger partial charge in [0.2, 0.25) is 5.88 Å². The molecule has 4 rings (SSSR count). The van der Waals surface area contributed by atoms with Crippen LogP contribution in [0, 0.1) is 0 Å². The summed E-state index contributed by atoms with van der Waals surface area (Å²) >= 11 is 0. The third-order valence-corrected chi connectivity index (χ3v) is 5.52. The lowest BCUT2D eigenvalue weighted by atomic mass is 10.2. The zero-order chi connectivity index (χ0) is 23.6. The van der Waals surface area contributed by atoms with Crippen molar-refractivity contribution in [1.82, 2.24) is 24.5 Å². The van der Waals surface area contributed by atoms with Crippen molar-refractivity contribution >= 4 is 21.1 Å². The summed E-state index contributed by atoms with van der Waals surface area (Å²) in [5.74, 6) is 1.62. The molecule has 172 valence electrons. The summed E-state index contributed by atoms with van der Waals surface area (Å²) < 4.78 is 42.2. The van der Waals surface area contributed by atoms with Gasteiger partial charge in [0, 0.05) is 12.3 Å². The van der Waals surface area contributed by atoms with Crippen LogP contribution in [0.2, 0.25) is 0 Å². The van der Waals surface area contributed by atoms with E-state index in [0.29, 0.717) is 58.2 Å². The summed E-state index contributed by atoms with van der Waals surface area (Å²) in [6, 6.07) is 10.7. The Kier molecular flexibility index (Phi) is 6.14. The van der Waals surface area contributed by atoms with Crippen LogP contribution >= 0.6 is 0 Å². The van der Waals surface area contributed by atoms with Crippen molar-refractivity contribution in [3.8, 4) is 34.6 Å². The van der Waals surface area contributed by atoms with Gasteiger partial charge in [0.15, 0.2) is 27.0 Å². The Balaban J connectivity index is 2.06. The smallest absolute Gasteiger partial charge is 0.213 e. The highest BCUT2D eigenvalue weighted by molar-refractivity contribution is 7.89. The van der Waals surface area contributed by atoms with Gasteiger partial charge in [0.25, 0.3) is 0 Å². The second-order valence-electron chi connectivity index (χ2n) is 7.15. The fourth-order valence-electron chi connectivity index (χ4n) is 3.43. The first-order chi connectivity index (χ1) is 15.8. The molecule has 1 aromatic carbocycles. The van der Waals surface area contributed by atoms with Crippen molar-refractivity contribution in [2.24, 2.45) is 0 Å². The second-order valence-corrected chi connectivity index (χ2v) is 9.29. The maximum absolute atomic E-state index is 11.9. The molecule has 0 aliphatic carbocycles. The van der Waals surface area contributed by atoms with Crippen LogP contribution in [0.5, 0.6) is 17.4 Å².